The van der Waals surface area contributed by atoms with Gasteiger partial charge in [0, 0.05) is 29.8 Å². The van der Waals surface area contributed by atoms with Crippen molar-refractivity contribution in [3.8, 4) is 11.5 Å². The molecule has 0 aromatic heterocycles. The van der Waals surface area contributed by atoms with Gasteiger partial charge >= 0.3 is 5.97 Å². The Kier molecular flexibility index (Phi) is 7.85. The molecule has 0 unspecified atom stereocenters. The zero-order chi connectivity index (χ0) is 23.6. The molecule has 3 aromatic carbocycles. The van der Waals surface area contributed by atoms with Gasteiger partial charge in [0.15, 0.2) is 12.4 Å². The molecule has 0 fully saturated rings. The van der Waals surface area contributed by atoms with Crippen molar-refractivity contribution in [2.75, 3.05) is 11.9 Å². The van der Waals surface area contributed by atoms with E-state index < -0.39 is 23.3 Å². The molecule has 0 aliphatic heterocycles. The molecule has 0 saturated heterocycles. The van der Waals surface area contributed by atoms with E-state index in [2.05, 4.69) is 5.32 Å². The number of esters is 1. The Bertz CT molecular complexity index is 1130. The Morgan fingerprint density at radius 3 is 2.09 bits per heavy atom. The number of nitro groups is 1. The Balaban J connectivity index is 1.38. The molecule has 0 aliphatic carbocycles. The molecule has 3 aromatic rings. The number of nitrogens with zero attached hydrogens (tertiary/aromatic N) is 1. The number of para-hydroxylation sites is 1. The summed E-state index contributed by atoms with van der Waals surface area (Å²) in [5.74, 6) is -0.279. The van der Waals surface area contributed by atoms with Crippen molar-refractivity contribution < 1.29 is 28.8 Å². The Morgan fingerprint density at radius 1 is 0.818 bits per heavy atom. The number of rotatable bonds is 10. The van der Waals surface area contributed by atoms with Crippen molar-refractivity contribution in [2.24, 2.45) is 0 Å². The van der Waals surface area contributed by atoms with Crippen LogP contribution in [-0.2, 0) is 14.3 Å². The van der Waals surface area contributed by atoms with Crippen molar-refractivity contribution in [1.29, 1.82) is 0 Å². The first kappa shape index (κ1) is 23.1. The standard InChI is InChI=1S/C24H20N2O7/c27-22(17-6-10-19(11-7-17)26(30)31)16-32-24(29)15-14-23(28)25-18-8-12-21(13-9-18)33-20-4-2-1-3-5-20/h1-13H,14-16H2,(H,25,28). The van der Waals surface area contributed by atoms with E-state index in [1.807, 2.05) is 30.3 Å². The van der Waals surface area contributed by atoms with E-state index in [1.54, 1.807) is 24.3 Å². The molecule has 0 radical (unpaired) electrons. The highest BCUT2D eigenvalue weighted by molar-refractivity contribution is 5.98. The van der Waals surface area contributed by atoms with Gasteiger partial charge in [0.1, 0.15) is 11.5 Å². The van der Waals surface area contributed by atoms with E-state index >= 15 is 0 Å². The number of ketones is 1. The Morgan fingerprint density at radius 2 is 1.45 bits per heavy atom. The van der Waals surface area contributed by atoms with Crippen molar-refractivity contribution in [1.82, 2.24) is 0 Å². The lowest BCUT2D eigenvalue weighted by molar-refractivity contribution is -0.384. The number of ether oxygens (including phenoxy) is 2. The van der Waals surface area contributed by atoms with Crippen LogP contribution in [0.2, 0.25) is 0 Å². The summed E-state index contributed by atoms with van der Waals surface area (Å²) in [6.07, 6.45) is -0.318. The van der Waals surface area contributed by atoms with Gasteiger partial charge in [-0.3, -0.25) is 24.5 Å². The third kappa shape index (κ3) is 7.28. The Labute approximate surface area is 189 Å². The molecule has 1 N–H and O–H groups in total. The van der Waals surface area contributed by atoms with Crippen LogP contribution in [0.3, 0.4) is 0 Å². The number of nitro benzene ring substituents is 1. The topological polar surface area (TPSA) is 125 Å². The van der Waals surface area contributed by atoms with E-state index in [4.69, 9.17) is 9.47 Å². The highest BCUT2D eigenvalue weighted by atomic mass is 16.6. The normalized spacial score (nSPS) is 10.2. The first-order valence-electron chi connectivity index (χ1n) is 9.97. The Hall–Kier alpha value is -4.53. The molecular weight excluding hydrogens is 428 g/mol. The molecule has 0 spiro atoms. The van der Waals surface area contributed by atoms with Crippen LogP contribution in [0.15, 0.2) is 78.9 Å². The third-order valence-corrected chi connectivity index (χ3v) is 4.44. The lowest BCUT2D eigenvalue weighted by Crippen LogP contribution is -2.17. The predicted molar refractivity (Wildman–Crippen MR) is 119 cm³/mol. The smallest absolute Gasteiger partial charge is 0.306 e. The average molecular weight is 448 g/mol. The third-order valence-electron chi connectivity index (χ3n) is 4.44. The average Bonchev–Trinajstić information content (AvgIpc) is 2.83. The molecule has 0 bridgehead atoms. The van der Waals surface area contributed by atoms with Gasteiger partial charge in [-0.15, -0.1) is 0 Å². The van der Waals surface area contributed by atoms with E-state index in [1.165, 1.54) is 24.3 Å². The number of Topliss-reactive ketones (excluding diaryl/α,β-unsaturated/α-hetero) is 1. The van der Waals surface area contributed by atoms with E-state index in [0.717, 1.165) is 0 Å². The number of amides is 1. The van der Waals surface area contributed by atoms with E-state index in [9.17, 15) is 24.5 Å². The lowest BCUT2D eigenvalue weighted by Gasteiger charge is -2.08. The fraction of sp³-hybridized carbons (Fsp3) is 0.125. The number of benzene rings is 3. The number of carbonyl (C=O) groups excluding carboxylic acids is 3. The predicted octanol–water partition coefficient (Wildman–Crippen LogP) is 4.53. The summed E-state index contributed by atoms with van der Waals surface area (Å²) in [6, 6.07) is 21.0. The number of anilines is 1. The molecule has 3 rings (SSSR count). The number of carbonyl (C=O) groups is 3. The monoisotopic (exact) mass is 448 g/mol. The largest absolute Gasteiger partial charge is 0.457 e. The van der Waals surface area contributed by atoms with Crippen LogP contribution in [-0.4, -0.2) is 29.2 Å². The van der Waals surface area contributed by atoms with Crippen LogP contribution in [0.25, 0.3) is 0 Å². The van der Waals surface area contributed by atoms with Crippen molar-refractivity contribution >= 4 is 29.0 Å². The van der Waals surface area contributed by atoms with Crippen molar-refractivity contribution in [3.05, 3.63) is 94.5 Å². The maximum Gasteiger partial charge on any atom is 0.306 e. The number of nitrogens with one attached hydrogen (secondary N) is 1. The second-order valence-corrected chi connectivity index (χ2v) is 6.88. The van der Waals surface area contributed by atoms with Crippen LogP contribution >= 0.6 is 0 Å². The van der Waals surface area contributed by atoms with Gasteiger partial charge in [0.2, 0.25) is 5.91 Å². The summed E-state index contributed by atoms with van der Waals surface area (Å²) in [7, 11) is 0. The fourth-order valence-corrected chi connectivity index (χ4v) is 2.74. The van der Waals surface area contributed by atoms with Gasteiger partial charge in [0.25, 0.3) is 5.69 Å². The second-order valence-electron chi connectivity index (χ2n) is 6.88. The highest BCUT2D eigenvalue weighted by Crippen LogP contribution is 2.22. The first-order valence-corrected chi connectivity index (χ1v) is 9.97. The van der Waals surface area contributed by atoms with Gasteiger partial charge < -0.3 is 14.8 Å². The fourth-order valence-electron chi connectivity index (χ4n) is 2.74. The molecule has 0 heterocycles. The van der Waals surface area contributed by atoms with Crippen molar-refractivity contribution in [2.45, 2.75) is 12.8 Å². The summed E-state index contributed by atoms with van der Waals surface area (Å²) >= 11 is 0. The number of hydrogen-bond donors (Lipinski definition) is 1. The minimum atomic E-state index is -0.702. The quantitative estimate of drug-likeness (QED) is 0.209. The highest BCUT2D eigenvalue weighted by Gasteiger charge is 2.13. The first-order chi connectivity index (χ1) is 15.9. The van der Waals surface area contributed by atoms with E-state index in [-0.39, 0.29) is 30.0 Å². The summed E-state index contributed by atoms with van der Waals surface area (Å²) in [5, 5.41) is 13.3. The van der Waals surface area contributed by atoms with Crippen molar-refractivity contribution in [3.63, 3.8) is 0 Å². The zero-order valence-electron chi connectivity index (χ0n) is 17.4. The van der Waals surface area contributed by atoms with Crippen LogP contribution < -0.4 is 10.1 Å². The molecular formula is C24H20N2O7. The lowest BCUT2D eigenvalue weighted by atomic mass is 10.1. The number of hydrogen-bond acceptors (Lipinski definition) is 7. The second kappa shape index (κ2) is 11.2. The van der Waals surface area contributed by atoms with Gasteiger partial charge in [-0.25, -0.2) is 0 Å². The van der Waals surface area contributed by atoms with Gasteiger partial charge in [0.05, 0.1) is 11.3 Å². The SMILES string of the molecule is O=C(CCC(=O)OCC(=O)c1ccc([N+](=O)[O-])cc1)Nc1ccc(Oc2ccccc2)cc1. The summed E-state index contributed by atoms with van der Waals surface area (Å²) in [5.41, 5.74) is 0.584. The molecule has 0 aliphatic rings. The van der Waals surface area contributed by atoms with E-state index in [0.29, 0.717) is 17.2 Å². The molecule has 1 amide bonds. The molecule has 168 valence electrons. The maximum absolute atomic E-state index is 12.1. The van der Waals surface area contributed by atoms with Crippen LogP contribution in [0.5, 0.6) is 11.5 Å². The van der Waals surface area contributed by atoms with Crippen LogP contribution in [0, 0.1) is 10.1 Å². The van der Waals surface area contributed by atoms with Gasteiger partial charge in [-0.1, -0.05) is 18.2 Å². The summed E-state index contributed by atoms with van der Waals surface area (Å²) in [4.78, 5) is 46.0. The minimum Gasteiger partial charge on any atom is -0.457 e. The van der Waals surface area contributed by atoms with Gasteiger partial charge in [-0.2, -0.15) is 0 Å². The summed E-state index contributed by atoms with van der Waals surface area (Å²) in [6.45, 7) is -0.513. The molecule has 0 saturated carbocycles. The maximum atomic E-state index is 12.1. The minimum absolute atomic E-state index is 0.118. The molecule has 0 atom stereocenters. The molecule has 33 heavy (non-hydrogen) atoms. The van der Waals surface area contributed by atoms with Gasteiger partial charge in [-0.05, 0) is 48.5 Å². The zero-order valence-corrected chi connectivity index (χ0v) is 17.4. The summed E-state index contributed by atoms with van der Waals surface area (Å²) < 4.78 is 10.6. The number of non-ortho nitro benzene ring substituents is 1. The molecule has 9 heteroatoms. The molecule has 9 nitrogen and oxygen atoms in total. The van der Waals surface area contributed by atoms with Crippen LogP contribution in [0.4, 0.5) is 11.4 Å². The van der Waals surface area contributed by atoms with Crippen LogP contribution in [0.1, 0.15) is 23.2 Å².